The quantitative estimate of drug-likeness (QED) is 0.737. The van der Waals surface area contributed by atoms with Crippen molar-refractivity contribution in [2.75, 3.05) is 0 Å². The van der Waals surface area contributed by atoms with Crippen molar-refractivity contribution in [2.45, 2.75) is 17.9 Å². The van der Waals surface area contributed by atoms with E-state index in [-0.39, 0.29) is 29.3 Å². The molecule has 0 radical (unpaired) electrons. The van der Waals surface area contributed by atoms with Crippen LogP contribution in [-0.4, -0.2) is 19.5 Å². The largest absolute Gasteiger partial charge is 0.478 e. The molecule has 1 atom stereocenters. The molecule has 0 amide bonds. The van der Waals surface area contributed by atoms with Crippen LogP contribution in [0.25, 0.3) is 0 Å². The van der Waals surface area contributed by atoms with Crippen molar-refractivity contribution in [1.29, 1.82) is 0 Å². The number of benzene rings is 2. The van der Waals surface area contributed by atoms with E-state index in [0.29, 0.717) is 5.75 Å². The van der Waals surface area contributed by atoms with Crippen LogP contribution < -0.4 is 15.6 Å². The van der Waals surface area contributed by atoms with Gasteiger partial charge in [0, 0.05) is 11.6 Å². The van der Waals surface area contributed by atoms with Gasteiger partial charge in [0.15, 0.2) is 5.75 Å². The number of hydrogen-bond donors (Lipinski definition) is 3. The molecule has 0 spiro atoms. The molecule has 130 valence electrons. The Morgan fingerprint density at radius 2 is 1.79 bits per heavy atom. The van der Waals surface area contributed by atoms with E-state index in [1.54, 1.807) is 37.3 Å². The number of primary sulfonamides is 1. The highest BCUT2D eigenvalue weighted by atomic mass is 35.5. The van der Waals surface area contributed by atoms with E-state index in [9.17, 15) is 13.2 Å². The van der Waals surface area contributed by atoms with Crippen molar-refractivity contribution in [2.24, 2.45) is 10.9 Å². The van der Waals surface area contributed by atoms with Gasteiger partial charge in [-0.05, 0) is 31.2 Å². The molecular weight excluding hydrogens is 356 g/mol. The van der Waals surface area contributed by atoms with Crippen molar-refractivity contribution in [1.82, 2.24) is 0 Å². The van der Waals surface area contributed by atoms with Crippen LogP contribution >= 0.6 is 12.4 Å². The fourth-order valence-corrected chi connectivity index (χ4v) is 2.72. The molecule has 0 bridgehead atoms. The van der Waals surface area contributed by atoms with E-state index in [0.717, 1.165) is 6.07 Å². The molecule has 0 aromatic heterocycles. The summed E-state index contributed by atoms with van der Waals surface area (Å²) in [5.41, 5.74) is 5.84. The average molecular weight is 373 g/mol. The summed E-state index contributed by atoms with van der Waals surface area (Å²) in [5, 5.41) is 14.4. The van der Waals surface area contributed by atoms with Gasteiger partial charge in [-0.1, -0.05) is 18.2 Å². The standard InChI is InChI=1S/C15H16N2O5S.ClH/c1-9(16)12-7-10(15(18)19)8-13(23(17,20)21)14(12)22-11-5-3-2-4-6-11;/h2-9H,16H2,1H3,(H,18,19)(H2,17,20,21);1H. The number of carboxylic acids is 1. The van der Waals surface area contributed by atoms with Gasteiger partial charge in [0.25, 0.3) is 0 Å². The summed E-state index contributed by atoms with van der Waals surface area (Å²) in [5.74, 6) is -0.982. The average Bonchev–Trinajstić information content (AvgIpc) is 2.46. The summed E-state index contributed by atoms with van der Waals surface area (Å²) >= 11 is 0. The number of nitrogens with two attached hydrogens (primary N) is 2. The number of halogens is 1. The van der Waals surface area contributed by atoms with Gasteiger partial charge in [-0.25, -0.2) is 18.4 Å². The summed E-state index contributed by atoms with van der Waals surface area (Å²) in [7, 11) is -4.21. The molecule has 2 rings (SSSR count). The van der Waals surface area contributed by atoms with Gasteiger partial charge < -0.3 is 15.6 Å². The molecule has 9 heteroatoms. The minimum absolute atomic E-state index is 0. The van der Waals surface area contributed by atoms with Crippen LogP contribution in [0.1, 0.15) is 28.9 Å². The molecule has 2 aromatic carbocycles. The van der Waals surface area contributed by atoms with Crippen LogP contribution in [0.4, 0.5) is 0 Å². The van der Waals surface area contributed by atoms with E-state index in [4.69, 9.17) is 20.7 Å². The molecule has 1 unspecified atom stereocenters. The third kappa shape index (κ3) is 4.45. The predicted molar refractivity (Wildman–Crippen MR) is 91.1 cm³/mol. The van der Waals surface area contributed by atoms with Gasteiger partial charge in [-0.3, -0.25) is 0 Å². The maximum Gasteiger partial charge on any atom is 0.335 e. The third-order valence-corrected chi connectivity index (χ3v) is 4.01. The molecule has 7 nitrogen and oxygen atoms in total. The lowest BCUT2D eigenvalue weighted by Gasteiger charge is -2.18. The number of ether oxygens (including phenoxy) is 1. The number of aromatic carboxylic acids is 1. The Balaban J connectivity index is 0.00000288. The summed E-state index contributed by atoms with van der Waals surface area (Å²) in [6.07, 6.45) is 0. The number of carboxylic acid groups (broad SMARTS) is 1. The van der Waals surface area contributed by atoms with Crippen molar-refractivity contribution in [3.63, 3.8) is 0 Å². The van der Waals surface area contributed by atoms with Crippen molar-refractivity contribution in [3.05, 3.63) is 53.6 Å². The molecular formula is C15H17ClN2O5S. The van der Waals surface area contributed by atoms with E-state index < -0.39 is 26.9 Å². The molecule has 24 heavy (non-hydrogen) atoms. The van der Waals surface area contributed by atoms with Gasteiger partial charge in [0.2, 0.25) is 10.0 Å². The first-order chi connectivity index (χ1) is 10.7. The minimum Gasteiger partial charge on any atom is -0.478 e. The third-order valence-electron chi connectivity index (χ3n) is 3.09. The summed E-state index contributed by atoms with van der Waals surface area (Å²) < 4.78 is 29.3. The Labute approximate surface area is 145 Å². The Kier molecular flexibility index (Phi) is 6.33. The highest BCUT2D eigenvalue weighted by molar-refractivity contribution is 7.89. The Hall–Kier alpha value is -2.13. The number of para-hydroxylation sites is 1. The number of rotatable bonds is 5. The maximum absolute atomic E-state index is 11.9. The van der Waals surface area contributed by atoms with Gasteiger partial charge in [-0.2, -0.15) is 0 Å². The fraction of sp³-hybridized carbons (Fsp3) is 0.133. The van der Waals surface area contributed by atoms with E-state index in [1.807, 2.05) is 0 Å². The Morgan fingerprint density at radius 1 is 1.21 bits per heavy atom. The van der Waals surface area contributed by atoms with Crippen LogP contribution in [0.3, 0.4) is 0 Å². The molecule has 0 aliphatic heterocycles. The van der Waals surface area contributed by atoms with E-state index in [1.165, 1.54) is 6.07 Å². The molecule has 0 saturated carbocycles. The molecule has 0 heterocycles. The first-order valence-electron chi connectivity index (χ1n) is 6.62. The van der Waals surface area contributed by atoms with E-state index in [2.05, 4.69) is 0 Å². The second-order valence-electron chi connectivity index (χ2n) is 4.95. The van der Waals surface area contributed by atoms with Crippen LogP contribution in [0.15, 0.2) is 47.4 Å². The van der Waals surface area contributed by atoms with Gasteiger partial charge in [-0.15, -0.1) is 12.4 Å². The molecule has 5 N–H and O–H groups in total. The lowest BCUT2D eigenvalue weighted by Crippen LogP contribution is -2.17. The predicted octanol–water partition coefficient (Wildman–Crippen LogP) is 2.27. The molecule has 0 fully saturated rings. The smallest absolute Gasteiger partial charge is 0.335 e. The SMILES string of the molecule is CC(N)c1cc(C(=O)O)cc(S(N)(=O)=O)c1Oc1ccccc1.Cl. The van der Waals surface area contributed by atoms with Gasteiger partial charge >= 0.3 is 5.97 Å². The van der Waals surface area contributed by atoms with Gasteiger partial charge in [0.05, 0.1) is 5.56 Å². The normalized spacial score (nSPS) is 12.1. The molecule has 2 aromatic rings. The zero-order valence-electron chi connectivity index (χ0n) is 12.7. The summed E-state index contributed by atoms with van der Waals surface area (Å²) in [6, 6.07) is 10.0. The summed E-state index contributed by atoms with van der Waals surface area (Å²) in [4.78, 5) is 10.8. The molecule has 0 aliphatic rings. The first kappa shape index (κ1) is 19.9. The second kappa shape index (κ2) is 7.63. The first-order valence-corrected chi connectivity index (χ1v) is 8.17. The highest BCUT2D eigenvalue weighted by Crippen LogP contribution is 2.36. The lowest BCUT2D eigenvalue weighted by molar-refractivity contribution is 0.0696. The van der Waals surface area contributed by atoms with Crippen LogP contribution in [-0.2, 0) is 10.0 Å². The number of sulfonamides is 1. The Bertz CT molecular complexity index is 838. The topological polar surface area (TPSA) is 133 Å². The minimum atomic E-state index is -4.21. The number of hydrogen-bond acceptors (Lipinski definition) is 5. The van der Waals surface area contributed by atoms with Crippen molar-refractivity contribution >= 4 is 28.4 Å². The summed E-state index contributed by atoms with van der Waals surface area (Å²) in [6.45, 7) is 1.59. The maximum atomic E-state index is 11.9. The second-order valence-corrected chi connectivity index (χ2v) is 6.48. The molecule has 0 aliphatic carbocycles. The van der Waals surface area contributed by atoms with Crippen LogP contribution in [0, 0.1) is 0 Å². The highest BCUT2D eigenvalue weighted by Gasteiger charge is 2.24. The lowest BCUT2D eigenvalue weighted by atomic mass is 10.0. The Morgan fingerprint density at radius 3 is 2.25 bits per heavy atom. The van der Waals surface area contributed by atoms with E-state index >= 15 is 0 Å². The zero-order valence-corrected chi connectivity index (χ0v) is 14.3. The zero-order chi connectivity index (χ0) is 17.2. The van der Waals surface area contributed by atoms with Crippen molar-refractivity contribution < 1.29 is 23.1 Å². The number of carbonyl (C=O) groups is 1. The van der Waals surface area contributed by atoms with Crippen LogP contribution in [0.5, 0.6) is 11.5 Å². The fourth-order valence-electron chi connectivity index (χ4n) is 2.01. The molecule has 0 saturated heterocycles. The van der Waals surface area contributed by atoms with Gasteiger partial charge in [0.1, 0.15) is 10.6 Å². The van der Waals surface area contributed by atoms with Crippen LogP contribution in [0.2, 0.25) is 0 Å². The van der Waals surface area contributed by atoms with Crippen molar-refractivity contribution in [3.8, 4) is 11.5 Å². The monoisotopic (exact) mass is 372 g/mol.